The van der Waals surface area contributed by atoms with Crippen molar-refractivity contribution in [3.63, 3.8) is 0 Å². The standard InChI is InChI=1S/C35H36N2O4/c1-23-7-6-10-25(21-23)11-14-30(39)36(2)27-15-17-35(40)29-22-26-12-13-28(38)32-31(26)34(35,33(27)41-32)18-20-37(29)19-16-24-8-4-3-5-9-24/h3-10,12-13,21,27,29,33,38,40H,15-20,22H2,1-2H3/t27-,29+,33-,34-,35+/m0/s1. The Labute approximate surface area is 241 Å². The molecule has 1 spiro atoms. The van der Waals surface area contributed by atoms with Crippen molar-refractivity contribution in [3.05, 3.63) is 94.5 Å². The topological polar surface area (TPSA) is 73.2 Å². The van der Waals surface area contributed by atoms with Crippen molar-refractivity contribution in [1.82, 2.24) is 9.80 Å². The Bertz CT molecular complexity index is 1580. The second-order valence-electron chi connectivity index (χ2n) is 12.3. The van der Waals surface area contributed by atoms with E-state index in [0.717, 1.165) is 41.8 Å². The second kappa shape index (κ2) is 9.65. The number of likely N-dealkylation sites (N-methyl/N-ethyl adjacent to an activating group) is 1. The lowest BCUT2D eigenvalue weighted by molar-refractivity contribution is -0.199. The Hall–Kier alpha value is -3.79. The Morgan fingerprint density at radius 1 is 1.12 bits per heavy atom. The lowest BCUT2D eigenvalue weighted by Gasteiger charge is -2.64. The summed E-state index contributed by atoms with van der Waals surface area (Å²) in [6, 6.07) is 21.7. The molecular formula is C35H36N2O4. The fourth-order valence-electron chi connectivity index (χ4n) is 8.27. The highest BCUT2D eigenvalue weighted by Gasteiger charge is 2.73. The van der Waals surface area contributed by atoms with Crippen molar-refractivity contribution in [3.8, 4) is 23.3 Å². The minimum atomic E-state index is -1.02. The first-order valence-electron chi connectivity index (χ1n) is 14.7. The van der Waals surface area contributed by atoms with Gasteiger partial charge in [-0.2, -0.15) is 0 Å². The number of ether oxygens (including phenoxy) is 1. The number of aryl methyl sites for hydroxylation is 1. The summed E-state index contributed by atoms with van der Waals surface area (Å²) in [6.45, 7) is 3.70. The molecule has 210 valence electrons. The summed E-state index contributed by atoms with van der Waals surface area (Å²) in [4.78, 5) is 17.6. The Balaban J connectivity index is 1.22. The van der Waals surface area contributed by atoms with Crippen LogP contribution in [0.5, 0.6) is 11.5 Å². The number of nitrogens with zero attached hydrogens (tertiary/aromatic N) is 2. The largest absolute Gasteiger partial charge is 0.504 e. The van der Waals surface area contributed by atoms with Crippen molar-refractivity contribution >= 4 is 5.91 Å². The van der Waals surface area contributed by atoms with E-state index in [0.29, 0.717) is 31.4 Å². The van der Waals surface area contributed by atoms with Crippen LogP contribution < -0.4 is 4.74 Å². The van der Waals surface area contributed by atoms with Gasteiger partial charge in [0.25, 0.3) is 5.91 Å². The van der Waals surface area contributed by atoms with E-state index in [1.54, 1.807) is 18.0 Å². The number of benzene rings is 3. The van der Waals surface area contributed by atoms with Gasteiger partial charge in [0.15, 0.2) is 11.5 Å². The zero-order valence-electron chi connectivity index (χ0n) is 23.6. The van der Waals surface area contributed by atoms with Crippen LogP contribution in [-0.2, 0) is 23.1 Å². The predicted octanol–water partition coefficient (Wildman–Crippen LogP) is 3.98. The number of hydrogen-bond donors (Lipinski definition) is 2. The van der Waals surface area contributed by atoms with Crippen molar-refractivity contribution in [2.24, 2.45) is 0 Å². The average Bonchev–Trinajstić information content (AvgIpc) is 3.33. The van der Waals surface area contributed by atoms with E-state index in [2.05, 4.69) is 41.0 Å². The number of rotatable bonds is 4. The molecule has 7 rings (SSSR count). The lowest BCUT2D eigenvalue weighted by Crippen LogP contribution is -2.78. The third kappa shape index (κ3) is 3.90. The minimum absolute atomic E-state index is 0.0582. The maximum atomic E-state index is 13.4. The van der Waals surface area contributed by atoms with Crippen LogP contribution in [0.15, 0.2) is 66.7 Å². The van der Waals surface area contributed by atoms with Gasteiger partial charge in [-0.3, -0.25) is 9.69 Å². The highest BCUT2D eigenvalue weighted by Crippen LogP contribution is 2.65. The molecule has 2 N–H and O–H groups in total. The molecule has 41 heavy (non-hydrogen) atoms. The summed E-state index contributed by atoms with van der Waals surface area (Å²) >= 11 is 0. The molecule has 0 radical (unpaired) electrons. The molecule has 0 aromatic heterocycles. The fourth-order valence-corrected chi connectivity index (χ4v) is 8.27. The number of aromatic hydroxyl groups is 1. The van der Waals surface area contributed by atoms with E-state index < -0.39 is 17.1 Å². The smallest absolute Gasteiger partial charge is 0.298 e. The van der Waals surface area contributed by atoms with Crippen LogP contribution in [0, 0.1) is 18.8 Å². The van der Waals surface area contributed by atoms with Crippen LogP contribution in [0.2, 0.25) is 0 Å². The van der Waals surface area contributed by atoms with Crippen LogP contribution >= 0.6 is 0 Å². The van der Waals surface area contributed by atoms with Crippen LogP contribution in [0.25, 0.3) is 0 Å². The molecule has 6 heteroatoms. The molecule has 3 aromatic carbocycles. The zero-order valence-corrected chi connectivity index (χ0v) is 23.6. The van der Waals surface area contributed by atoms with Gasteiger partial charge in [0.2, 0.25) is 0 Å². The first kappa shape index (κ1) is 26.1. The maximum absolute atomic E-state index is 13.4. The van der Waals surface area contributed by atoms with E-state index >= 15 is 0 Å². The molecule has 0 unspecified atom stereocenters. The third-order valence-electron chi connectivity index (χ3n) is 10.2. The predicted molar refractivity (Wildman–Crippen MR) is 157 cm³/mol. The number of likely N-dealkylation sites (tertiary alicyclic amines) is 1. The number of hydrogen-bond acceptors (Lipinski definition) is 5. The highest BCUT2D eigenvalue weighted by molar-refractivity contribution is 5.94. The van der Waals surface area contributed by atoms with Crippen LogP contribution in [0.3, 0.4) is 0 Å². The van der Waals surface area contributed by atoms with Gasteiger partial charge in [-0.05, 0) is 80.5 Å². The van der Waals surface area contributed by atoms with E-state index in [4.69, 9.17) is 4.74 Å². The van der Waals surface area contributed by atoms with Gasteiger partial charge in [-0.25, -0.2) is 0 Å². The van der Waals surface area contributed by atoms with Crippen molar-refractivity contribution < 1.29 is 19.7 Å². The maximum Gasteiger partial charge on any atom is 0.298 e. The van der Waals surface area contributed by atoms with Crippen molar-refractivity contribution in [2.75, 3.05) is 20.1 Å². The molecular weight excluding hydrogens is 512 g/mol. The van der Waals surface area contributed by atoms with E-state index in [1.165, 1.54) is 5.56 Å². The van der Waals surface area contributed by atoms with E-state index in [-0.39, 0.29) is 23.7 Å². The average molecular weight is 549 g/mol. The Kier molecular flexibility index (Phi) is 6.15. The summed E-state index contributed by atoms with van der Waals surface area (Å²) in [5.41, 5.74) is 3.57. The Morgan fingerprint density at radius 2 is 1.95 bits per heavy atom. The number of phenolic OH excluding ortho intramolecular Hbond substituents is 1. The molecule has 2 aliphatic carbocycles. The molecule has 3 aromatic rings. The molecule has 6 nitrogen and oxygen atoms in total. The molecule has 1 saturated heterocycles. The summed E-state index contributed by atoms with van der Waals surface area (Å²) in [7, 11) is 1.79. The number of phenols is 1. The normalized spacial score (nSPS) is 29.1. The van der Waals surface area contributed by atoms with Gasteiger partial charge < -0.3 is 19.8 Å². The molecule has 5 atom stereocenters. The lowest BCUT2D eigenvalue weighted by atomic mass is 9.48. The number of carbonyl (C=O) groups excluding carboxylic acids is 1. The van der Waals surface area contributed by atoms with Crippen molar-refractivity contribution in [1.29, 1.82) is 0 Å². The molecule has 4 aliphatic rings. The monoisotopic (exact) mass is 548 g/mol. The molecule has 2 aliphatic heterocycles. The first-order valence-corrected chi connectivity index (χ1v) is 14.7. The van der Waals surface area contributed by atoms with E-state index in [1.807, 2.05) is 43.3 Å². The zero-order chi connectivity index (χ0) is 28.4. The van der Waals surface area contributed by atoms with Crippen molar-refractivity contribution in [2.45, 2.75) is 68.2 Å². The SMILES string of the molecule is Cc1cccc(C#CC(=O)N(C)[C@H]2CC[C@@]3(O)[C@H]4Cc5ccc(O)c6c5[C@@]3(CCN4CCc3ccccc3)[C@H]2O6)c1. The van der Waals surface area contributed by atoms with Crippen LogP contribution in [-0.4, -0.2) is 69.8 Å². The van der Waals surface area contributed by atoms with Crippen LogP contribution in [0.1, 0.15) is 47.1 Å². The molecule has 1 saturated carbocycles. The number of carbonyl (C=O) groups is 1. The summed E-state index contributed by atoms with van der Waals surface area (Å²) in [5, 5.41) is 23.7. The molecule has 1 amide bonds. The van der Waals surface area contributed by atoms with Crippen LogP contribution in [0.4, 0.5) is 0 Å². The number of aliphatic hydroxyl groups is 1. The highest BCUT2D eigenvalue weighted by atomic mass is 16.5. The van der Waals surface area contributed by atoms with Gasteiger partial charge in [0, 0.05) is 36.7 Å². The van der Waals surface area contributed by atoms with Gasteiger partial charge >= 0.3 is 0 Å². The summed E-state index contributed by atoms with van der Waals surface area (Å²) < 4.78 is 6.63. The van der Waals surface area contributed by atoms with Gasteiger partial charge in [-0.1, -0.05) is 54.5 Å². The first-order chi connectivity index (χ1) is 19.8. The van der Waals surface area contributed by atoms with Gasteiger partial charge in [0.05, 0.1) is 17.1 Å². The van der Waals surface area contributed by atoms with Gasteiger partial charge in [0.1, 0.15) is 6.10 Å². The number of amides is 1. The second-order valence-corrected chi connectivity index (χ2v) is 12.3. The molecule has 2 bridgehead atoms. The van der Waals surface area contributed by atoms with Gasteiger partial charge in [-0.15, -0.1) is 0 Å². The summed E-state index contributed by atoms with van der Waals surface area (Å²) in [6.07, 6.45) is 3.04. The third-order valence-corrected chi connectivity index (χ3v) is 10.2. The molecule has 2 fully saturated rings. The molecule has 2 heterocycles. The minimum Gasteiger partial charge on any atom is -0.504 e. The quantitative estimate of drug-likeness (QED) is 0.483. The summed E-state index contributed by atoms with van der Waals surface area (Å²) in [5.74, 6) is 6.18. The Morgan fingerprint density at radius 3 is 2.76 bits per heavy atom. The number of piperidine rings is 1. The van der Waals surface area contributed by atoms with E-state index in [9.17, 15) is 15.0 Å². The fraction of sp³-hybridized carbons (Fsp3) is 0.400.